The Bertz CT molecular complexity index is 520. The first-order valence-electron chi connectivity index (χ1n) is 6.70. The summed E-state index contributed by atoms with van der Waals surface area (Å²) in [6.45, 7) is 7.18. The molecular formula is C15H20FNO4. The SMILES string of the molecule is CC(C)N(C(=O)COc1cc(F)ccc1C(=O)O)C(C)C. The van der Waals surface area contributed by atoms with Gasteiger partial charge in [0, 0.05) is 18.2 Å². The highest BCUT2D eigenvalue weighted by Crippen LogP contribution is 2.20. The fraction of sp³-hybridized carbons (Fsp3) is 0.467. The molecule has 6 heteroatoms. The number of halogens is 1. The Morgan fingerprint density at radius 2 is 1.81 bits per heavy atom. The van der Waals surface area contributed by atoms with Gasteiger partial charge in [-0.1, -0.05) is 0 Å². The van der Waals surface area contributed by atoms with Gasteiger partial charge < -0.3 is 14.7 Å². The van der Waals surface area contributed by atoms with Crippen molar-refractivity contribution < 1.29 is 23.8 Å². The van der Waals surface area contributed by atoms with E-state index in [0.29, 0.717) is 0 Å². The number of benzene rings is 1. The van der Waals surface area contributed by atoms with Gasteiger partial charge >= 0.3 is 5.97 Å². The summed E-state index contributed by atoms with van der Waals surface area (Å²) in [6.07, 6.45) is 0. The van der Waals surface area contributed by atoms with Crippen molar-refractivity contribution in [2.45, 2.75) is 39.8 Å². The number of carbonyl (C=O) groups is 2. The zero-order chi connectivity index (χ0) is 16.2. The Hall–Kier alpha value is -2.11. The Balaban J connectivity index is 2.86. The van der Waals surface area contributed by atoms with Crippen LogP contribution in [0, 0.1) is 5.82 Å². The molecule has 21 heavy (non-hydrogen) atoms. The van der Waals surface area contributed by atoms with Crippen LogP contribution in [0.1, 0.15) is 38.1 Å². The molecule has 1 rings (SSSR count). The molecule has 116 valence electrons. The predicted octanol–water partition coefficient (Wildman–Crippen LogP) is 2.55. The summed E-state index contributed by atoms with van der Waals surface area (Å²) < 4.78 is 18.4. The van der Waals surface area contributed by atoms with Gasteiger partial charge in [-0.2, -0.15) is 0 Å². The number of hydrogen-bond acceptors (Lipinski definition) is 3. The molecule has 5 nitrogen and oxygen atoms in total. The van der Waals surface area contributed by atoms with E-state index in [2.05, 4.69) is 0 Å². The average Bonchev–Trinajstić information content (AvgIpc) is 2.35. The second-order valence-electron chi connectivity index (χ2n) is 5.22. The summed E-state index contributed by atoms with van der Waals surface area (Å²) in [5.41, 5.74) is -0.176. The minimum Gasteiger partial charge on any atom is -0.483 e. The van der Waals surface area contributed by atoms with E-state index in [9.17, 15) is 14.0 Å². The lowest BCUT2D eigenvalue weighted by atomic mass is 10.2. The first-order chi connectivity index (χ1) is 9.73. The number of carbonyl (C=O) groups excluding carboxylic acids is 1. The molecule has 0 aromatic heterocycles. The Labute approximate surface area is 123 Å². The van der Waals surface area contributed by atoms with Crippen molar-refractivity contribution in [2.75, 3.05) is 6.61 Å². The molecule has 0 radical (unpaired) electrons. The third kappa shape index (κ3) is 4.44. The number of nitrogens with zero attached hydrogens (tertiary/aromatic N) is 1. The van der Waals surface area contributed by atoms with Crippen molar-refractivity contribution in [3.8, 4) is 5.75 Å². The number of carboxylic acid groups (broad SMARTS) is 1. The van der Waals surface area contributed by atoms with Crippen LogP contribution in [-0.2, 0) is 4.79 Å². The molecule has 1 aromatic rings. The second kappa shape index (κ2) is 7.06. The number of aromatic carboxylic acids is 1. The molecule has 0 aliphatic heterocycles. The maximum absolute atomic E-state index is 13.2. The standard InChI is InChI=1S/C15H20FNO4/c1-9(2)17(10(3)4)14(18)8-21-13-7-11(16)5-6-12(13)15(19)20/h5-7,9-10H,8H2,1-4H3,(H,19,20). The molecule has 0 spiro atoms. The number of amides is 1. The lowest BCUT2D eigenvalue weighted by molar-refractivity contribution is -0.137. The molecule has 0 fully saturated rings. The molecule has 0 saturated heterocycles. The van der Waals surface area contributed by atoms with Gasteiger partial charge in [0.2, 0.25) is 0 Å². The average molecular weight is 297 g/mol. The van der Waals surface area contributed by atoms with E-state index in [1.807, 2.05) is 27.7 Å². The van der Waals surface area contributed by atoms with Gasteiger partial charge in [0.25, 0.3) is 5.91 Å². The lowest BCUT2D eigenvalue weighted by Crippen LogP contribution is -2.44. The maximum Gasteiger partial charge on any atom is 0.339 e. The molecule has 0 atom stereocenters. The molecular weight excluding hydrogens is 277 g/mol. The van der Waals surface area contributed by atoms with Crippen LogP contribution in [0.2, 0.25) is 0 Å². The third-order valence-corrected chi connectivity index (χ3v) is 2.93. The summed E-state index contributed by atoms with van der Waals surface area (Å²) in [6, 6.07) is 3.10. The van der Waals surface area contributed by atoms with Gasteiger partial charge in [-0.15, -0.1) is 0 Å². The van der Waals surface area contributed by atoms with E-state index in [4.69, 9.17) is 9.84 Å². The number of hydrogen-bond donors (Lipinski definition) is 1. The summed E-state index contributed by atoms with van der Waals surface area (Å²) in [4.78, 5) is 24.8. The van der Waals surface area contributed by atoms with Gasteiger partial charge in [-0.3, -0.25) is 4.79 Å². The maximum atomic E-state index is 13.2. The highest BCUT2D eigenvalue weighted by atomic mass is 19.1. The zero-order valence-corrected chi connectivity index (χ0v) is 12.6. The summed E-state index contributed by atoms with van der Waals surface area (Å²) in [5.74, 6) is -2.28. The first kappa shape index (κ1) is 16.9. The Kier molecular flexibility index (Phi) is 5.69. The Morgan fingerprint density at radius 1 is 1.24 bits per heavy atom. The predicted molar refractivity (Wildman–Crippen MR) is 76.0 cm³/mol. The van der Waals surface area contributed by atoms with E-state index < -0.39 is 11.8 Å². The van der Waals surface area contributed by atoms with Gasteiger partial charge in [-0.25, -0.2) is 9.18 Å². The quantitative estimate of drug-likeness (QED) is 0.876. The number of ether oxygens (including phenoxy) is 1. The molecule has 0 aliphatic carbocycles. The van der Waals surface area contributed by atoms with E-state index >= 15 is 0 Å². The van der Waals surface area contributed by atoms with Gasteiger partial charge in [0.05, 0.1) is 0 Å². The lowest BCUT2D eigenvalue weighted by Gasteiger charge is -2.30. The smallest absolute Gasteiger partial charge is 0.339 e. The molecule has 1 amide bonds. The topological polar surface area (TPSA) is 66.8 Å². The van der Waals surface area contributed by atoms with E-state index in [-0.39, 0.29) is 35.9 Å². The molecule has 0 bridgehead atoms. The number of carboxylic acids is 1. The molecule has 1 aromatic carbocycles. The van der Waals surface area contributed by atoms with Crippen LogP contribution >= 0.6 is 0 Å². The third-order valence-electron chi connectivity index (χ3n) is 2.93. The van der Waals surface area contributed by atoms with Gasteiger partial charge in [0.1, 0.15) is 17.1 Å². The van der Waals surface area contributed by atoms with Crippen LogP contribution in [0.5, 0.6) is 5.75 Å². The van der Waals surface area contributed by atoms with Crippen LogP contribution in [-0.4, -0.2) is 40.6 Å². The molecule has 0 unspecified atom stereocenters. The number of rotatable bonds is 6. The zero-order valence-electron chi connectivity index (χ0n) is 12.6. The molecule has 1 N–H and O–H groups in total. The highest BCUT2D eigenvalue weighted by Gasteiger charge is 2.21. The van der Waals surface area contributed by atoms with E-state index in [1.54, 1.807) is 4.90 Å². The van der Waals surface area contributed by atoms with Crippen molar-refractivity contribution in [3.63, 3.8) is 0 Å². The molecule has 0 heterocycles. The fourth-order valence-corrected chi connectivity index (χ4v) is 2.18. The van der Waals surface area contributed by atoms with Crippen LogP contribution < -0.4 is 4.74 Å². The Morgan fingerprint density at radius 3 is 2.29 bits per heavy atom. The van der Waals surface area contributed by atoms with Crippen LogP contribution in [0.3, 0.4) is 0 Å². The minimum atomic E-state index is -1.23. The van der Waals surface area contributed by atoms with Crippen molar-refractivity contribution >= 4 is 11.9 Å². The summed E-state index contributed by atoms with van der Waals surface area (Å²) in [5, 5.41) is 9.01. The monoisotopic (exact) mass is 297 g/mol. The van der Waals surface area contributed by atoms with Crippen molar-refractivity contribution in [2.24, 2.45) is 0 Å². The van der Waals surface area contributed by atoms with Crippen molar-refractivity contribution in [3.05, 3.63) is 29.6 Å². The highest BCUT2D eigenvalue weighted by molar-refractivity contribution is 5.91. The van der Waals surface area contributed by atoms with Gasteiger partial charge in [0.15, 0.2) is 6.61 Å². The first-order valence-corrected chi connectivity index (χ1v) is 6.70. The molecule has 0 saturated carbocycles. The second-order valence-corrected chi connectivity index (χ2v) is 5.22. The van der Waals surface area contributed by atoms with Crippen molar-refractivity contribution in [1.82, 2.24) is 4.90 Å². The molecule has 0 aliphatic rings. The minimum absolute atomic E-state index is 0.00689. The van der Waals surface area contributed by atoms with E-state index in [1.165, 1.54) is 0 Å². The van der Waals surface area contributed by atoms with Crippen LogP contribution in [0.15, 0.2) is 18.2 Å². The van der Waals surface area contributed by atoms with Crippen LogP contribution in [0.25, 0.3) is 0 Å². The largest absolute Gasteiger partial charge is 0.483 e. The van der Waals surface area contributed by atoms with Gasteiger partial charge in [-0.05, 0) is 39.8 Å². The summed E-state index contributed by atoms with van der Waals surface area (Å²) >= 11 is 0. The van der Waals surface area contributed by atoms with Crippen LogP contribution in [0.4, 0.5) is 4.39 Å². The van der Waals surface area contributed by atoms with Crippen molar-refractivity contribution in [1.29, 1.82) is 0 Å². The fourth-order valence-electron chi connectivity index (χ4n) is 2.18. The van der Waals surface area contributed by atoms with E-state index in [0.717, 1.165) is 18.2 Å². The summed E-state index contributed by atoms with van der Waals surface area (Å²) in [7, 11) is 0. The normalized spacial score (nSPS) is 10.8.